The summed E-state index contributed by atoms with van der Waals surface area (Å²) in [6.07, 6.45) is 1.67. The third kappa shape index (κ3) is 2.19. The van der Waals surface area contributed by atoms with Crippen LogP contribution in [0.3, 0.4) is 0 Å². The molecule has 1 heterocycles. The molecule has 0 spiro atoms. The minimum Gasteiger partial charge on any atom is -0.464 e. The van der Waals surface area contributed by atoms with Crippen molar-refractivity contribution in [2.75, 3.05) is 13.7 Å². The number of hydrogen-bond acceptors (Lipinski definition) is 4. The standard InChI is InChI=1S/C10H16N2O3/c1-10(14,6-11)7-4-8(9(13)15-3)12(2)5-7/h4-5,14H,6,11H2,1-3H3. The second kappa shape index (κ2) is 4.04. The molecule has 5 nitrogen and oxygen atoms in total. The zero-order valence-electron chi connectivity index (χ0n) is 9.15. The van der Waals surface area contributed by atoms with Crippen molar-refractivity contribution in [3.63, 3.8) is 0 Å². The monoisotopic (exact) mass is 212 g/mol. The van der Waals surface area contributed by atoms with Gasteiger partial charge in [0.25, 0.3) is 0 Å². The van der Waals surface area contributed by atoms with Gasteiger partial charge >= 0.3 is 5.97 Å². The number of rotatable bonds is 3. The Hall–Kier alpha value is -1.33. The lowest BCUT2D eigenvalue weighted by atomic mass is 9.99. The van der Waals surface area contributed by atoms with E-state index < -0.39 is 11.6 Å². The van der Waals surface area contributed by atoms with Crippen molar-refractivity contribution in [2.24, 2.45) is 12.8 Å². The predicted molar refractivity (Wildman–Crippen MR) is 55.4 cm³/mol. The lowest BCUT2D eigenvalue weighted by molar-refractivity contribution is 0.0589. The molecule has 0 fully saturated rings. The Bertz CT molecular complexity index is 369. The topological polar surface area (TPSA) is 77.5 Å². The van der Waals surface area contributed by atoms with Crippen molar-refractivity contribution in [1.29, 1.82) is 0 Å². The molecule has 84 valence electrons. The summed E-state index contributed by atoms with van der Waals surface area (Å²) in [7, 11) is 3.03. The highest BCUT2D eigenvalue weighted by molar-refractivity contribution is 5.88. The average molecular weight is 212 g/mol. The Morgan fingerprint density at radius 3 is 2.80 bits per heavy atom. The van der Waals surface area contributed by atoms with E-state index in [1.807, 2.05) is 0 Å². The van der Waals surface area contributed by atoms with Crippen molar-refractivity contribution in [1.82, 2.24) is 4.57 Å². The molecule has 1 unspecified atom stereocenters. The molecule has 3 N–H and O–H groups in total. The molecule has 0 radical (unpaired) electrons. The highest BCUT2D eigenvalue weighted by atomic mass is 16.5. The molecule has 5 heteroatoms. The summed E-state index contributed by atoms with van der Waals surface area (Å²) in [5.41, 5.74) is 5.30. The number of ether oxygens (including phenoxy) is 1. The highest BCUT2D eigenvalue weighted by Gasteiger charge is 2.25. The average Bonchev–Trinajstić information content (AvgIpc) is 2.60. The number of carbonyl (C=O) groups excluding carboxylic acids is 1. The van der Waals surface area contributed by atoms with Gasteiger partial charge < -0.3 is 20.1 Å². The first kappa shape index (κ1) is 11.7. The fourth-order valence-electron chi connectivity index (χ4n) is 1.28. The molecule has 0 aliphatic carbocycles. The van der Waals surface area contributed by atoms with Gasteiger partial charge in [-0.3, -0.25) is 0 Å². The smallest absolute Gasteiger partial charge is 0.354 e. The second-order valence-corrected chi connectivity index (χ2v) is 3.69. The van der Waals surface area contributed by atoms with E-state index in [1.165, 1.54) is 7.11 Å². The van der Waals surface area contributed by atoms with Crippen LogP contribution in [0, 0.1) is 0 Å². The van der Waals surface area contributed by atoms with E-state index in [-0.39, 0.29) is 6.54 Å². The van der Waals surface area contributed by atoms with E-state index in [2.05, 4.69) is 4.74 Å². The van der Waals surface area contributed by atoms with Crippen molar-refractivity contribution >= 4 is 5.97 Å². The zero-order chi connectivity index (χ0) is 11.6. The summed E-state index contributed by atoms with van der Waals surface area (Å²) in [6.45, 7) is 1.70. The summed E-state index contributed by atoms with van der Waals surface area (Å²) in [4.78, 5) is 11.3. The van der Waals surface area contributed by atoms with Crippen molar-refractivity contribution < 1.29 is 14.6 Å². The second-order valence-electron chi connectivity index (χ2n) is 3.69. The number of carbonyl (C=O) groups is 1. The molecule has 1 atom stereocenters. The number of nitrogens with zero attached hydrogens (tertiary/aromatic N) is 1. The van der Waals surface area contributed by atoms with Crippen LogP contribution in [0.25, 0.3) is 0 Å². The number of esters is 1. The number of hydrogen-bond donors (Lipinski definition) is 2. The molecule has 0 aliphatic heterocycles. The van der Waals surface area contributed by atoms with Crippen molar-refractivity contribution in [2.45, 2.75) is 12.5 Å². The Morgan fingerprint density at radius 2 is 2.33 bits per heavy atom. The normalized spacial score (nSPS) is 14.7. The van der Waals surface area contributed by atoms with Gasteiger partial charge in [0.2, 0.25) is 0 Å². The molecular formula is C10H16N2O3. The summed E-state index contributed by atoms with van der Waals surface area (Å²) in [6, 6.07) is 1.58. The van der Waals surface area contributed by atoms with Crippen molar-refractivity contribution in [3.8, 4) is 0 Å². The van der Waals surface area contributed by atoms with E-state index in [0.29, 0.717) is 11.3 Å². The molecule has 1 aromatic heterocycles. The summed E-state index contributed by atoms with van der Waals surface area (Å²) in [5, 5.41) is 9.90. The number of aryl methyl sites for hydroxylation is 1. The maximum Gasteiger partial charge on any atom is 0.354 e. The maximum absolute atomic E-state index is 11.3. The molecule has 0 aliphatic rings. The van der Waals surface area contributed by atoms with E-state index >= 15 is 0 Å². The summed E-state index contributed by atoms with van der Waals surface area (Å²) >= 11 is 0. The molecule has 1 rings (SSSR count). The van der Waals surface area contributed by atoms with E-state index in [9.17, 15) is 9.90 Å². The third-order valence-corrected chi connectivity index (χ3v) is 2.42. The first-order valence-corrected chi connectivity index (χ1v) is 4.60. The van der Waals surface area contributed by atoms with Crippen LogP contribution in [0.5, 0.6) is 0 Å². The molecule has 1 aromatic rings. The van der Waals surface area contributed by atoms with Crippen molar-refractivity contribution in [3.05, 3.63) is 23.5 Å². The van der Waals surface area contributed by atoms with Gasteiger partial charge in [-0.05, 0) is 13.0 Å². The lowest BCUT2D eigenvalue weighted by Gasteiger charge is -2.19. The van der Waals surface area contributed by atoms with Crippen LogP contribution in [0.4, 0.5) is 0 Å². The fraction of sp³-hybridized carbons (Fsp3) is 0.500. The Labute approximate surface area is 88.4 Å². The maximum atomic E-state index is 11.3. The van der Waals surface area contributed by atoms with Gasteiger partial charge in [0.1, 0.15) is 11.3 Å². The van der Waals surface area contributed by atoms with E-state index in [0.717, 1.165) is 0 Å². The summed E-state index contributed by atoms with van der Waals surface area (Å²) < 4.78 is 6.21. The van der Waals surface area contributed by atoms with Crippen LogP contribution in [0.15, 0.2) is 12.3 Å². The lowest BCUT2D eigenvalue weighted by Crippen LogP contribution is -2.30. The van der Waals surface area contributed by atoms with Crippen LogP contribution in [0.1, 0.15) is 23.0 Å². The predicted octanol–water partition coefficient (Wildman–Crippen LogP) is -0.0221. The molecule has 15 heavy (non-hydrogen) atoms. The SMILES string of the molecule is COC(=O)c1cc(C(C)(O)CN)cn1C. The minimum absolute atomic E-state index is 0.0949. The van der Waals surface area contributed by atoms with Crippen LogP contribution in [0.2, 0.25) is 0 Å². The number of methoxy groups -OCH3 is 1. The Morgan fingerprint density at radius 1 is 1.73 bits per heavy atom. The Balaban J connectivity index is 3.11. The summed E-state index contributed by atoms with van der Waals surface area (Å²) in [5.74, 6) is -0.434. The number of nitrogens with two attached hydrogens (primary N) is 1. The van der Waals surface area contributed by atoms with Gasteiger partial charge in [0.05, 0.1) is 7.11 Å². The Kier molecular flexibility index (Phi) is 3.16. The van der Waals surface area contributed by atoms with Gasteiger partial charge in [-0.2, -0.15) is 0 Å². The largest absolute Gasteiger partial charge is 0.464 e. The van der Waals surface area contributed by atoms with Crippen LogP contribution in [-0.4, -0.2) is 29.3 Å². The molecular weight excluding hydrogens is 196 g/mol. The van der Waals surface area contributed by atoms with Gasteiger partial charge in [-0.25, -0.2) is 4.79 Å². The fourth-order valence-corrected chi connectivity index (χ4v) is 1.28. The number of aromatic nitrogens is 1. The highest BCUT2D eigenvalue weighted by Crippen LogP contribution is 2.21. The quantitative estimate of drug-likeness (QED) is 0.690. The van der Waals surface area contributed by atoms with E-state index in [4.69, 9.17) is 5.73 Å². The first-order valence-electron chi connectivity index (χ1n) is 4.60. The van der Waals surface area contributed by atoms with Crippen LogP contribution >= 0.6 is 0 Å². The third-order valence-electron chi connectivity index (χ3n) is 2.42. The van der Waals surface area contributed by atoms with Gasteiger partial charge in [-0.15, -0.1) is 0 Å². The van der Waals surface area contributed by atoms with Gasteiger partial charge in [-0.1, -0.05) is 0 Å². The molecule has 0 saturated carbocycles. The van der Waals surface area contributed by atoms with Crippen LogP contribution < -0.4 is 5.73 Å². The number of aliphatic hydroxyl groups is 1. The molecule has 0 aromatic carbocycles. The van der Waals surface area contributed by atoms with Gasteiger partial charge in [0.15, 0.2) is 0 Å². The minimum atomic E-state index is -1.12. The molecule has 0 amide bonds. The van der Waals surface area contributed by atoms with E-state index in [1.54, 1.807) is 30.8 Å². The molecule has 0 saturated heterocycles. The zero-order valence-corrected chi connectivity index (χ0v) is 9.15. The first-order chi connectivity index (χ1) is 6.92. The van der Waals surface area contributed by atoms with Gasteiger partial charge in [0, 0.05) is 25.4 Å². The molecule has 0 bridgehead atoms. The van der Waals surface area contributed by atoms with Crippen LogP contribution in [-0.2, 0) is 17.4 Å².